The number of aliphatic hydroxyl groups excluding tert-OH is 1. The van der Waals surface area contributed by atoms with Crippen molar-refractivity contribution >= 4 is 15.9 Å². The Bertz CT molecular complexity index is 291. The highest BCUT2D eigenvalue weighted by molar-refractivity contribution is 9.10. The van der Waals surface area contributed by atoms with Crippen molar-refractivity contribution in [3.05, 3.63) is 34.3 Å². The van der Waals surface area contributed by atoms with Crippen LogP contribution in [0.4, 0.5) is 0 Å². The summed E-state index contributed by atoms with van der Waals surface area (Å²) in [6, 6.07) is 8.68. The van der Waals surface area contributed by atoms with Gasteiger partial charge in [0.25, 0.3) is 0 Å². The van der Waals surface area contributed by atoms with Crippen LogP contribution in [-0.2, 0) is 6.54 Å². The monoisotopic (exact) mass is 271 g/mol. The summed E-state index contributed by atoms with van der Waals surface area (Å²) in [5.41, 5.74) is 1.26. The molecular weight excluding hydrogens is 254 g/mol. The molecule has 84 valence electrons. The molecule has 1 rings (SSSR count). The first-order valence-electron chi connectivity index (χ1n) is 5.35. The number of hydrogen-bond donors (Lipinski definition) is 2. The van der Waals surface area contributed by atoms with Crippen LogP contribution in [0.3, 0.4) is 0 Å². The molecule has 1 aromatic rings. The SMILES string of the molecule is CCC(CCO)NCc1cccc(Br)c1. The molecule has 3 heteroatoms. The van der Waals surface area contributed by atoms with E-state index in [9.17, 15) is 0 Å². The predicted octanol–water partition coefficient (Wildman–Crippen LogP) is 2.70. The van der Waals surface area contributed by atoms with Crippen molar-refractivity contribution in [2.75, 3.05) is 6.61 Å². The van der Waals surface area contributed by atoms with Gasteiger partial charge < -0.3 is 10.4 Å². The van der Waals surface area contributed by atoms with E-state index >= 15 is 0 Å². The van der Waals surface area contributed by atoms with Gasteiger partial charge >= 0.3 is 0 Å². The second kappa shape index (κ2) is 6.99. The molecule has 15 heavy (non-hydrogen) atoms. The van der Waals surface area contributed by atoms with E-state index in [4.69, 9.17) is 5.11 Å². The molecule has 0 heterocycles. The molecule has 2 N–H and O–H groups in total. The fraction of sp³-hybridized carbons (Fsp3) is 0.500. The van der Waals surface area contributed by atoms with Gasteiger partial charge in [-0.15, -0.1) is 0 Å². The zero-order valence-corrected chi connectivity index (χ0v) is 10.6. The van der Waals surface area contributed by atoms with Crippen LogP contribution in [0.5, 0.6) is 0 Å². The first-order chi connectivity index (χ1) is 7.26. The first kappa shape index (κ1) is 12.7. The normalized spacial score (nSPS) is 12.7. The van der Waals surface area contributed by atoms with Crippen LogP contribution in [0.2, 0.25) is 0 Å². The van der Waals surface area contributed by atoms with Crippen molar-refractivity contribution in [1.82, 2.24) is 5.32 Å². The minimum Gasteiger partial charge on any atom is -0.396 e. The molecule has 0 bridgehead atoms. The summed E-state index contributed by atoms with van der Waals surface area (Å²) in [6.07, 6.45) is 1.87. The molecule has 0 amide bonds. The average Bonchev–Trinajstić information content (AvgIpc) is 2.24. The van der Waals surface area contributed by atoms with Gasteiger partial charge in [0.15, 0.2) is 0 Å². The van der Waals surface area contributed by atoms with E-state index in [1.807, 2.05) is 12.1 Å². The molecule has 0 fully saturated rings. The van der Waals surface area contributed by atoms with Gasteiger partial charge in [0.1, 0.15) is 0 Å². The minimum absolute atomic E-state index is 0.254. The standard InChI is InChI=1S/C12H18BrNO/c1-2-12(6-7-15)14-9-10-4-3-5-11(13)8-10/h3-5,8,12,14-15H,2,6-7,9H2,1H3. The number of aliphatic hydroxyl groups is 1. The van der Waals surface area contributed by atoms with Gasteiger partial charge in [-0.2, -0.15) is 0 Å². The summed E-state index contributed by atoms with van der Waals surface area (Å²) < 4.78 is 1.11. The van der Waals surface area contributed by atoms with Crippen molar-refractivity contribution in [1.29, 1.82) is 0 Å². The maximum Gasteiger partial charge on any atom is 0.0445 e. The van der Waals surface area contributed by atoms with Gasteiger partial charge in [-0.3, -0.25) is 0 Å². The van der Waals surface area contributed by atoms with Gasteiger partial charge in [-0.25, -0.2) is 0 Å². The lowest BCUT2D eigenvalue weighted by Crippen LogP contribution is -2.28. The number of halogens is 1. The molecule has 2 nitrogen and oxygen atoms in total. The number of nitrogens with one attached hydrogen (secondary N) is 1. The van der Waals surface area contributed by atoms with E-state index in [-0.39, 0.29) is 6.61 Å². The Hall–Kier alpha value is -0.380. The second-order valence-electron chi connectivity index (χ2n) is 3.63. The molecule has 0 saturated carbocycles. The van der Waals surface area contributed by atoms with Crippen molar-refractivity contribution in [3.8, 4) is 0 Å². The number of hydrogen-bond acceptors (Lipinski definition) is 2. The third-order valence-corrected chi connectivity index (χ3v) is 2.95. The molecule has 1 aromatic carbocycles. The van der Waals surface area contributed by atoms with Crippen molar-refractivity contribution in [3.63, 3.8) is 0 Å². The molecule has 1 atom stereocenters. The zero-order chi connectivity index (χ0) is 11.1. The summed E-state index contributed by atoms with van der Waals surface area (Å²) in [6.45, 7) is 3.25. The van der Waals surface area contributed by atoms with Crippen LogP contribution in [0, 0.1) is 0 Å². The molecule has 0 radical (unpaired) electrons. The van der Waals surface area contributed by atoms with Crippen LogP contribution in [0.1, 0.15) is 25.3 Å². The summed E-state index contributed by atoms with van der Waals surface area (Å²) in [4.78, 5) is 0. The third kappa shape index (κ3) is 4.78. The summed E-state index contributed by atoms with van der Waals surface area (Å²) in [7, 11) is 0. The van der Waals surface area contributed by atoms with Crippen LogP contribution in [0.15, 0.2) is 28.7 Å². The third-order valence-electron chi connectivity index (χ3n) is 2.45. The first-order valence-corrected chi connectivity index (χ1v) is 6.14. The molecule has 0 aliphatic heterocycles. The maximum absolute atomic E-state index is 8.86. The minimum atomic E-state index is 0.254. The van der Waals surface area contributed by atoms with Crippen LogP contribution >= 0.6 is 15.9 Å². The lowest BCUT2D eigenvalue weighted by Gasteiger charge is -2.15. The Morgan fingerprint density at radius 1 is 1.47 bits per heavy atom. The molecule has 0 aromatic heterocycles. The van der Waals surface area contributed by atoms with Gasteiger partial charge in [-0.05, 0) is 30.5 Å². The van der Waals surface area contributed by atoms with E-state index in [1.165, 1.54) is 5.56 Å². The second-order valence-corrected chi connectivity index (χ2v) is 4.54. The summed E-state index contributed by atoms with van der Waals surface area (Å²) in [5.74, 6) is 0. The average molecular weight is 272 g/mol. The maximum atomic E-state index is 8.86. The fourth-order valence-corrected chi connectivity index (χ4v) is 1.96. The molecule has 0 spiro atoms. The summed E-state index contributed by atoms with van der Waals surface area (Å²) in [5, 5.41) is 12.3. The summed E-state index contributed by atoms with van der Waals surface area (Å²) >= 11 is 3.45. The van der Waals surface area contributed by atoms with Crippen LogP contribution in [-0.4, -0.2) is 17.8 Å². The lowest BCUT2D eigenvalue weighted by molar-refractivity contribution is 0.262. The van der Waals surface area contributed by atoms with Gasteiger partial charge in [-0.1, -0.05) is 35.0 Å². The molecule has 1 unspecified atom stereocenters. The Morgan fingerprint density at radius 2 is 2.27 bits per heavy atom. The van der Waals surface area contributed by atoms with E-state index < -0.39 is 0 Å². The molecule has 0 aliphatic rings. The van der Waals surface area contributed by atoms with E-state index in [2.05, 4.69) is 40.3 Å². The van der Waals surface area contributed by atoms with Crippen molar-refractivity contribution in [2.45, 2.75) is 32.4 Å². The van der Waals surface area contributed by atoms with Crippen LogP contribution in [0.25, 0.3) is 0 Å². The fourth-order valence-electron chi connectivity index (χ4n) is 1.52. The highest BCUT2D eigenvalue weighted by Gasteiger charge is 2.04. The van der Waals surface area contributed by atoms with Gasteiger partial charge in [0.2, 0.25) is 0 Å². The van der Waals surface area contributed by atoms with Crippen molar-refractivity contribution in [2.24, 2.45) is 0 Å². The zero-order valence-electron chi connectivity index (χ0n) is 9.04. The lowest BCUT2D eigenvalue weighted by atomic mass is 10.1. The smallest absolute Gasteiger partial charge is 0.0445 e. The highest BCUT2D eigenvalue weighted by Crippen LogP contribution is 2.11. The van der Waals surface area contributed by atoms with Crippen molar-refractivity contribution < 1.29 is 5.11 Å². The van der Waals surface area contributed by atoms with E-state index in [1.54, 1.807) is 0 Å². The topological polar surface area (TPSA) is 32.3 Å². The van der Waals surface area contributed by atoms with Crippen LogP contribution < -0.4 is 5.32 Å². The predicted molar refractivity (Wildman–Crippen MR) is 66.8 cm³/mol. The van der Waals surface area contributed by atoms with Gasteiger partial charge in [0, 0.05) is 23.7 Å². The number of benzene rings is 1. The molecular formula is C12H18BrNO. The number of rotatable bonds is 6. The molecule has 0 aliphatic carbocycles. The Balaban J connectivity index is 2.41. The largest absolute Gasteiger partial charge is 0.396 e. The Labute approximate surface area is 99.8 Å². The van der Waals surface area contributed by atoms with Gasteiger partial charge in [0.05, 0.1) is 0 Å². The Morgan fingerprint density at radius 3 is 2.87 bits per heavy atom. The molecule has 0 saturated heterocycles. The Kier molecular flexibility index (Phi) is 5.91. The highest BCUT2D eigenvalue weighted by atomic mass is 79.9. The van der Waals surface area contributed by atoms with E-state index in [0.29, 0.717) is 6.04 Å². The van der Waals surface area contributed by atoms with E-state index in [0.717, 1.165) is 23.9 Å². The quantitative estimate of drug-likeness (QED) is 0.834.